The summed E-state index contributed by atoms with van der Waals surface area (Å²) in [6.07, 6.45) is 0. The third-order valence-electron chi connectivity index (χ3n) is 3.65. The first kappa shape index (κ1) is 17.1. The van der Waals surface area contributed by atoms with Crippen molar-refractivity contribution >= 4 is 52.5 Å². The highest BCUT2D eigenvalue weighted by Crippen LogP contribution is 2.32. The van der Waals surface area contributed by atoms with Gasteiger partial charge in [0, 0.05) is 20.5 Å². The number of nitrogens with one attached hydrogen (secondary N) is 2. The maximum absolute atomic E-state index is 12.5. The molecule has 0 bridgehead atoms. The molecule has 1 heterocycles. The van der Waals surface area contributed by atoms with E-state index in [1.165, 1.54) is 11.8 Å². The third-order valence-corrected chi connectivity index (χ3v) is 5.29. The van der Waals surface area contributed by atoms with Crippen molar-refractivity contribution in [3.05, 3.63) is 57.6 Å². The van der Waals surface area contributed by atoms with Gasteiger partial charge >= 0.3 is 0 Å². The minimum Gasteiger partial charge on any atom is -0.345 e. The van der Waals surface area contributed by atoms with Gasteiger partial charge in [-0.25, -0.2) is 0 Å². The fourth-order valence-corrected chi connectivity index (χ4v) is 3.80. The summed E-state index contributed by atoms with van der Waals surface area (Å²) in [6, 6.07) is 10.2. The Labute approximate surface area is 153 Å². The van der Waals surface area contributed by atoms with Crippen molar-refractivity contribution in [3.8, 4) is 0 Å². The second-order valence-corrected chi connectivity index (χ2v) is 7.27. The average molecular weight is 381 g/mol. The van der Waals surface area contributed by atoms with Crippen LogP contribution in [0.5, 0.6) is 0 Å². The van der Waals surface area contributed by atoms with Crippen LogP contribution in [0.2, 0.25) is 10.0 Å². The molecule has 0 saturated heterocycles. The Morgan fingerprint density at radius 2 is 2.04 bits per heavy atom. The van der Waals surface area contributed by atoms with Gasteiger partial charge in [0.15, 0.2) is 0 Å². The predicted molar refractivity (Wildman–Crippen MR) is 98.1 cm³/mol. The molecule has 0 aliphatic carbocycles. The molecule has 0 aromatic heterocycles. The van der Waals surface area contributed by atoms with E-state index in [1.807, 2.05) is 13.0 Å². The van der Waals surface area contributed by atoms with Crippen molar-refractivity contribution < 1.29 is 9.59 Å². The summed E-state index contributed by atoms with van der Waals surface area (Å²) in [7, 11) is 0. The van der Waals surface area contributed by atoms with Crippen molar-refractivity contribution in [2.24, 2.45) is 0 Å². The van der Waals surface area contributed by atoms with E-state index in [4.69, 9.17) is 23.2 Å². The standard InChI is InChI=1S/C17H14Cl2N2O2S/c1-9(12-4-3-11(18)7-13(12)19)20-17(23)10-2-5-15-14(6-10)21-16(22)8-24-15/h2-7,9H,8H2,1H3,(H,20,23)(H,21,22). The molecule has 2 amide bonds. The smallest absolute Gasteiger partial charge is 0.251 e. The number of rotatable bonds is 3. The van der Waals surface area contributed by atoms with Crippen LogP contribution < -0.4 is 10.6 Å². The lowest BCUT2D eigenvalue weighted by atomic mass is 10.1. The van der Waals surface area contributed by atoms with Gasteiger partial charge in [0.25, 0.3) is 5.91 Å². The van der Waals surface area contributed by atoms with E-state index in [9.17, 15) is 9.59 Å². The van der Waals surface area contributed by atoms with Crippen LogP contribution in [0.25, 0.3) is 0 Å². The lowest BCUT2D eigenvalue weighted by Gasteiger charge is -2.19. The van der Waals surface area contributed by atoms with Gasteiger partial charge < -0.3 is 10.6 Å². The minimum absolute atomic E-state index is 0.0635. The van der Waals surface area contributed by atoms with E-state index in [1.54, 1.807) is 30.3 Å². The molecule has 0 fully saturated rings. The van der Waals surface area contributed by atoms with Gasteiger partial charge in [0.1, 0.15) is 0 Å². The summed E-state index contributed by atoms with van der Waals surface area (Å²) < 4.78 is 0. The molecule has 2 aromatic rings. The largest absolute Gasteiger partial charge is 0.345 e. The molecule has 24 heavy (non-hydrogen) atoms. The monoisotopic (exact) mass is 380 g/mol. The Hall–Kier alpha value is -1.69. The van der Waals surface area contributed by atoms with Crippen LogP contribution in [0.15, 0.2) is 41.3 Å². The number of anilines is 1. The van der Waals surface area contributed by atoms with Gasteiger partial charge in [-0.1, -0.05) is 29.3 Å². The first-order valence-corrected chi connectivity index (χ1v) is 9.00. The summed E-state index contributed by atoms with van der Waals surface area (Å²) in [5, 5.41) is 6.74. The van der Waals surface area contributed by atoms with Crippen molar-refractivity contribution in [1.82, 2.24) is 5.32 Å². The second-order valence-electron chi connectivity index (χ2n) is 5.41. The third kappa shape index (κ3) is 3.69. The number of fused-ring (bicyclic) bond motifs is 1. The Morgan fingerprint density at radius 1 is 1.25 bits per heavy atom. The molecule has 1 unspecified atom stereocenters. The number of hydrogen-bond acceptors (Lipinski definition) is 3. The quantitative estimate of drug-likeness (QED) is 0.822. The Kier molecular flexibility index (Phi) is 5.04. The number of halogens is 2. The minimum atomic E-state index is -0.276. The number of amides is 2. The number of benzene rings is 2. The average Bonchev–Trinajstić information content (AvgIpc) is 2.53. The molecule has 2 aromatic carbocycles. The molecule has 124 valence electrons. The highest BCUT2D eigenvalue weighted by molar-refractivity contribution is 8.00. The van der Waals surface area contributed by atoms with Crippen LogP contribution in [-0.4, -0.2) is 17.6 Å². The fraction of sp³-hybridized carbons (Fsp3) is 0.176. The summed E-state index contributed by atoms with van der Waals surface area (Å²) >= 11 is 13.5. The predicted octanol–water partition coefficient (Wildman–Crippen LogP) is 4.53. The zero-order valence-corrected chi connectivity index (χ0v) is 15.1. The number of thioether (sulfide) groups is 1. The molecule has 4 nitrogen and oxygen atoms in total. The Morgan fingerprint density at radius 3 is 2.79 bits per heavy atom. The van der Waals surface area contributed by atoms with E-state index in [0.29, 0.717) is 27.0 Å². The summed E-state index contributed by atoms with van der Waals surface area (Å²) in [4.78, 5) is 24.9. The van der Waals surface area contributed by atoms with E-state index in [-0.39, 0.29) is 17.9 Å². The Balaban J connectivity index is 1.77. The normalized spacial score (nSPS) is 14.5. The zero-order chi connectivity index (χ0) is 17.3. The van der Waals surface area contributed by atoms with E-state index < -0.39 is 0 Å². The van der Waals surface area contributed by atoms with Gasteiger partial charge in [-0.05, 0) is 42.8 Å². The first-order valence-electron chi connectivity index (χ1n) is 7.26. The molecular formula is C17H14Cl2N2O2S. The maximum Gasteiger partial charge on any atom is 0.251 e. The summed E-state index contributed by atoms with van der Waals surface area (Å²) in [5.74, 6) is 0.0949. The van der Waals surface area contributed by atoms with Gasteiger partial charge in [-0.3, -0.25) is 9.59 Å². The van der Waals surface area contributed by atoms with Crippen LogP contribution in [0.4, 0.5) is 5.69 Å². The van der Waals surface area contributed by atoms with Gasteiger partial charge in [-0.2, -0.15) is 0 Å². The molecule has 0 radical (unpaired) electrons. The van der Waals surface area contributed by atoms with Crippen LogP contribution in [0.1, 0.15) is 28.9 Å². The molecule has 2 N–H and O–H groups in total. The molecule has 3 rings (SSSR count). The number of hydrogen-bond donors (Lipinski definition) is 2. The molecule has 1 aliphatic heterocycles. The van der Waals surface area contributed by atoms with E-state index in [0.717, 1.165) is 10.5 Å². The van der Waals surface area contributed by atoms with Gasteiger partial charge in [0.05, 0.1) is 17.5 Å². The van der Waals surface area contributed by atoms with Crippen LogP contribution >= 0.6 is 35.0 Å². The van der Waals surface area contributed by atoms with E-state index >= 15 is 0 Å². The summed E-state index contributed by atoms with van der Waals surface area (Å²) in [6.45, 7) is 1.85. The number of carbonyl (C=O) groups is 2. The van der Waals surface area contributed by atoms with Gasteiger partial charge in [0.2, 0.25) is 5.91 Å². The lowest BCUT2D eigenvalue weighted by molar-refractivity contribution is -0.113. The van der Waals surface area contributed by atoms with Crippen molar-refractivity contribution in [2.75, 3.05) is 11.1 Å². The molecular weight excluding hydrogens is 367 g/mol. The SMILES string of the molecule is CC(NC(=O)c1ccc2c(c1)NC(=O)CS2)c1ccc(Cl)cc1Cl. The first-order chi connectivity index (χ1) is 11.4. The fourth-order valence-electron chi connectivity index (χ4n) is 2.43. The highest BCUT2D eigenvalue weighted by Gasteiger charge is 2.19. The highest BCUT2D eigenvalue weighted by atomic mass is 35.5. The molecule has 1 atom stereocenters. The van der Waals surface area contributed by atoms with Crippen LogP contribution in [-0.2, 0) is 4.79 Å². The van der Waals surface area contributed by atoms with Crippen LogP contribution in [0, 0.1) is 0 Å². The van der Waals surface area contributed by atoms with Crippen LogP contribution in [0.3, 0.4) is 0 Å². The van der Waals surface area contributed by atoms with E-state index in [2.05, 4.69) is 10.6 Å². The Bertz CT molecular complexity index is 826. The molecule has 0 spiro atoms. The van der Waals surface area contributed by atoms with Crippen molar-refractivity contribution in [1.29, 1.82) is 0 Å². The van der Waals surface area contributed by atoms with Crippen molar-refractivity contribution in [2.45, 2.75) is 17.9 Å². The second kappa shape index (κ2) is 7.05. The number of carbonyl (C=O) groups excluding carboxylic acids is 2. The molecule has 1 aliphatic rings. The zero-order valence-electron chi connectivity index (χ0n) is 12.7. The molecule has 7 heteroatoms. The lowest BCUT2D eigenvalue weighted by Crippen LogP contribution is -2.27. The van der Waals surface area contributed by atoms with Gasteiger partial charge in [-0.15, -0.1) is 11.8 Å². The topological polar surface area (TPSA) is 58.2 Å². The van der Waals surface area contributed by atoms with Crippen molar-refractivity contribution in [3.63, 3.8) is 0 Å². The summed E-state index contributed by atoms with van der Waals surface area (Å²) in [5.41, 5.74) is 1.94. The maximum atomic E-state index is 12.5. The molecule has 0 saturated carbocycles.